The van der Waals surface area contributed by atoms with Crippen LogP contribution in [0.3, 0.4) is 0 Å². The number of para-hydroxylation sites is 1. The molecule has 0 spiro atoms. The molecule has 0 atom stereocenters. The van der Waals surface area contributed by atoms with Gasteiger partial charge >= 0.3 is 0 Å². The molecule has 0 saturated carbocycles. The van der Waals surface area contributed by atoms with Gasteiger partial charge in [0.25, 0.3) is 10.0 Å². The lowest BCUT2D eigenvalue weighted by Crippen LogP contribution is -2.35. The molecule has 25 heavy (non-hydrogen) atoms. The van der Waals surface area contributed by atoms with Crippen molar-refractivity contribution < 1.29 is 13.2 Å². The monoisotopic (exact) mass is 374 g/mol. The van der Waals surface area contributed by atoms with Crippen molar-refractivity contribution in [1.29, 1.82) is 0 Å². The molecule has 1 aliphatic rings. The van der Waals surface area contributed by atoms with Crippen molar-refractivity contribution in [2.45, 2.75) is 18.2 Å². The van der Waals surface area contributed by atoms with E-state index in [9.17, 15) is 13.2 Å². The second kappa shape index (κ2) is 7.41. The molecule has 0 unspecified atom stereocenters. The fourth-order valence-electron chi connectivity index (χ4n) is 2.58. The number of carbonyl (C=O) groups is 1. The van der Waals surface area contributed by atoms with Crippen molar-refractivity contribution >= 4 is 38.4 Å². The molecule has 0 bridgehead atoms. The number of ketones is 1. The zero-order valence-electron chi connectivity index (χ0n) is 13.8. The van der Waals surface area contributed by atoms with Crippen LogP contribution in [-0.4, -0.2) is 31.7 Å². The van der Waals surface area contributed by atoms with Crippen LogP contribution in [0.2, 0.25) is 0 Å². The van der Waals surface area contributed by atoms with E-state index in [-0.39, 0.29) is 16.4 Å². The minimum atomic E-state index is -3.74. The maximum Gasteiger partial charge on any atom is 0.286 e. The fourth-order valence-corrected chi connectivity index (χ4v) is 4.96. The van der Waals surface area contributed by atoms with Crippen LogP contribution in [0, 0.1) is 0 Å². The molecule has 0 aliphatic carbocycles. The molecule has 1 aliphatic heterocycles. The number of sulfonamides is 1. The first kappa shape index (κ1) is 17.7. The number of benzene rings is 2. The summed E-state index contributed by atoms with van der Waals surface area (Å²) in [6.07, 6.45) is 0.834. The summed E-state index contributed by atoms with van der Waals surface area (Å²) < 4.78 is 28.8. The average molecular weight is 374 g/mol. The predicted octanol–water partition coefficient (Wildman–Crippen LogP) is 3.58. The largest absolute Gasteiger partial charge is 0.319 e. The van der Waals surface area contributed by atoms with E-state index in [0.717, 1.165) is 18.2 Å². The molecule has 0 radical (unpaired) electrons. The smallest absolute Gasteiger partial charge is 0.286 e. The summed E-state index contributed by atoms with van der Waals surface area (Å²) in [6.45, 7) is 2.65. The minimum absolute atomic E-state index is 0.0546. The highest BCUT2D eigenvalue weighted by molar-refractivity contribution is 8.15. The normalized spacial score (nSPS) is 15.4. The number of fused-ring (bicyclic) bond motifs is 1. The Morgan fingerprint density at radius 3 is 2.48 bits per heavy atom. The number of carbonyl (C=O) groups excluding carboxylic acids is 1. The maximum atomic E-state index is 12.4. The molecule has 1 heterocycles. The lowest BCUT2D eigenvalue weighted by molar-refractivity contribution is 0.102. The molecule has 130 valence electrons. The number of hydrogen-bond donors (Lipinski definition) is 0. The van der Waals surface area contributed by atoms with E-state index in [1.54, 1.807) is 48.5 Å². The second-order valence-electron chi connectivity index (χ2n) is 5.55. The summed E-state index contributed by atoms with van der Waals surface area (Å²) >= 11 is 1.16. The number of rotatable bonds is 5. The molecule has 3 rings (SSSR count). The molecule has 0 saturated heterocycles. The Balaban J connectivity index is 1.87. The van der Waals surface area contributed by atoms with E-state index in [0.29, 0.717) is 23.0 Å². The van der Waals surface area contributed by atoms with E-state index in [2.05, 4.69) is 4.40 Å². The van der Waals surface area contributed by atoms with Crippen LogP contribution in [0.5, 0.6) is 0 Å². The van der Waals surface area contributed by atoms with E-state index < -0.39 is 10.0 Å². The van der Waals surface area contributed by atoms with Gasteiger partial charge in [0.05, 0.1) is 11.4 Å². The van der Waals surface area contributed by atoms with Crippen LogP contribution in [0.1, 0.15) is 23.7 Å². The van der Waals surface area contributed by atoms with Gasteiger partial charge in [0.2, 0.25) is 0 Å². The predicted molar refractivity (Wildman–Crippen MR) is 102 cm³/mol. The van der Waals surface area contributed by atoms with Gasteiger partial charge in [-0.2, -0.15) is 8.42 Å². The highest BCUT2D eigenvalue weighted by Gasteiger charge is 2.30. The lowest BCUT2D eigenvalue weighted by Gasteiger charge is -2.29. The average Bonchev–Trinajstić information content (AvgIpc) is 2.63. The van der Waals surface area contributed by atoms with Gasteiger partial charge in [-0.3, -0.25) is 4.79 Å². The van der Waals surface area contributed by atoms with Crippen LogP contribution >= 0.6 is 11.8 Å². The number of amidine groups is 1. The molecular formula is C18H18N2O3S2. The Morgan fingerprint density at radius 2 is 1.76 bits per heavy atom. The lowest BCUT2D eigenvalue weighted by atomic mass is 10.2. The van der Waals surface area contributed by atoms with Crippen molar-refractivity contribution in [2.75, 3.05) is 17.2 Å². The summed E-state index contributed by atoms with van der Waals surface area (Å²) in [5, 5.41) is 0.352. The summed E-state index contributed by atoms with van der Waals surface area (Å²) in [7, 11) is -3.74. The standard InChI is InChI=1S/C18H18N2O3S2/c1-2-12-20-15-10-6-7-11-17(15)25(22,23)19-18(20)24-13-16(21)14-8-4-3-5-9-14/h3-11H,2,12-13H2,1H3. The highest BCUT2D eigenvalue weighted by Crippen LogP contribution is 2.34. The Hall–Kier alpha value is -2.12. The van der Waals surface area contributed by atoms with Crippen LogP contribution in [0.4, 0.5) is 5.69 Å². The third-order valence-corrected chi connectivity index (χ3v) is 6.14. The third kappa shape index (κ3) is 3.77. The van der Waals surface area contributed by atoms with Crippen LogP contribution in [0.25, 0.3) is 0 Å². The molecule has 2 aromatic carbocycles. The fraction of sp³-hybridized carbons (Fsp3) is 0.222. The molecule has 5 nitrogen and oxygen atoms in total. The Bertz CT molecular complexity index is 909. The Morgan fingerprint density at radius 1 is 1.08 bits per heavy atom. The first-order valence-electron chi connectivity index (χ1n) is 7.95. The van der Waals surface area contributed by atoms with Crippen LogP contribution in [0.15, 0.2) is 63.9 Å². The van der Waals surface area contributed by atoms with E-state index in [1.807, 2.05) is 17.9 Å². The quantitative estimate of drug-likeness (QED) is 0.749. The Labute approximate surface area is 151 Å². The first-order chi connectivity index (χ1) is 12.0. The van der Waals surface area contributed by atoms with E-state index in [4.69, 9.17) is 0 Å². The second-order valence-corrected chi connectivity index (χ2v) is 8.06. The van der Waals surface area contributed by atoms with Gasteiger partial charge in [0, 0.05) is 12.1 Å². The summed E-state index contributed by atoms with van der Waals surface area (Å²) in [5.41, 5.74) is 1.23. The van der Waals surface area contributed by atoms with Gasteiger partial charge in [0.15, 0.2) is 11.0 Å². The van der Waals surface area contributed by atoms with Crippen LogP contribution < -0.4 is 4.90 Å². The number of thioether (sulfide) groups is 1. The summed E-state index contributed by atoms with van der Waals surface area (Å²) in [4.78, 5) is 14.4. The van der Waals surface area contributed by atoms with Gasteiger partial charge in [-0.05, 0) is 18.6 Å². The van der Waals surface area contributed by atoms with Gasteiger partial charge < -0.3 is 4.90 Å². The Kier molecular flexibility index (Phi) is 5.24. The number of anilines is 1. The first-order valence-corrected chi connectivity index (χ1v) is 10.4. The zero-order valence-corrected chi connectivity index (χ0v) is 15.4. The van der Waals surface area contributed by atoms with Gasteiger partial charge in [-0.1, -0.05) is 61.2 Å². The maximum absolute atomic E-state index is 12.4. The van der Waals surface area contributed by atoms with Gasteiger partial charge in [-0.25, -0.2) is 0 Å². The topological polar surface area (TPSA) is 66.8 Å². The molecule has 7 heteroatoms. The molecular weight excluding hydrogens is 356 g/mol. The van der Waals surface area contributed by atoms with Crippen molar-refractivity contribution in [1.82, 2.24) is 0 Å². The number of Topliss-reactive ketones (excluding diaryl/α,β-unsaturated/α-hetero) is 1. The van der Waals surface area contributed by atoms with Crippen LogP contribution in [-0.2, 0) is 10.0 Å². The SMILES string of the molecule is CCCN1C(SCC(=O)c2ccccc2)=NS(=O)(=O)c2ccccc21. The van der Waals surface area contributed by atoms with Gasteiger partial charge in [-0.15, -0.1) is 4.40 Å². The molecule has 2 aromatic rings. The summed E-state index contributed by atoms with van der Waals surface area (Å²) in [5.74, 6) is 0.0850. The van der Waals surface area contributed by atoms with E-state index >= 15 is 0 Å². The zero-order chi connectivity index (χ0) is 17.9. The molecule has 0 aromatic heterocycles. The van der Waals surface area contributed by atoms with Gasteiger partial charge in [0.1, 0.15) is 4.90 Å². The number of nitrogens with zero attached hydrogens (tertiary/aromatic N) is 2. The van der Waals surface area contributed by atoms with Crippen molar-refractivity contribution in [3.63, 3.8) is 0 Å². The third-order valence-electron chi connectivity index (χ3n) is 3.74. The van der Waals surface area contributed by atoms with E-state index in [1.165, 1.54) is 0 Å². The summed E-state index contributed by atoms with van der Waals surface area (Å²) in [6, 6.07) is 15.8. The molecule has 0 N–H and O–H groups in total. The van der Waals surface area contributed by atoms with Crippen molar-refractivity contribution in [3.8, 4) is 0 Å². The number of hydrogen-bond acceptors (Lipinski definition) is 5. The van der Waals surface area contributed by atoms with Crippen molar-refractivity contribution in [2.24, 2.45) is 4.40 Å². The highest BCUT2D eigenvalue weighted by atomic mass is 32.2. The minimum Gasteiger partial charge on any atom is -0.319 e. The van der Waals surface area contributed by atoms with Crippen molar-refractivity contribution in [3.05, 3.63) is 60.2 Å². The molecule has 0 amide bonds. The molecule has 0 fully saturated rings.